The van der Waals surface area contributed by atoms with Crippen molar-refractivity contribution >= 4 is 0 Å². The Hall–Kier alpha value is -1.36. The van der Waals surface area contributed by atoms with E-state index in [4.69, 9.17) is 15.2 Å². The third-order valence-electron chi connectivity index (χ3n) is 2.07. The van der Waals surface area contributed by atoms with Crippen LogP contribution in [0.5, 0.6) is 11.5 Å². The van der Waals surface area contributed by atoms with E-state index in [1.54, 1.807) is 25.1 Å². The quantitative estimate of drug-likeness (QED) is 0.846. The Bertz CT molecular complexity index is 343. The van der Waals surface area contributed by atoms with Gasteiger partial charge in [-0.15, -0.1) is 0 Å². The minimum absolute atomic E-state index is 0.342. The molecule has 1 atom stereocenters. The average molecular weight is 231 g/mol. The maximum Gasteiger partial charge on any atom is 0.272 e. The molecule has 0 aliphatic carbocycles. The normalized spacial score (nSPS) is 12.6. The van der Waals surface area contributed by atoms with Crippen LogP contribution in [0, 0.1) is 0 Å². The Kier molecular flexibility index (Phi) is 4.49. The number of rotatable bonds is 5. The first-order valence-corrected chi connectivity index (χ1v) is 4.89. The zero-order valence-electron chi connectivity index (χ0n) is 9.24. The Morgan fingerprint density at radius 3 is 2.44 bits per heavy atom. The molecule has 0 fully saturated rings. The Morgan fingerprint density at radius 1 is 1.31 bits per heavy atom. The van der Waals surface area contributed by atoms with Crippen LogP contribution in [0.25, 0.3) is 0 Å². The molecule has 0 saturated heterocycles. The van der Waals surface area contributed by atoms with Crippen molar-refractivity contribution in [3.05, 3.63) is 23.8 Å². The van der Waals surface area contributed by atoms with Gasteiger partial charge < -0.3 is 15.2 Å². The SMILES string of the molecule is COc1cccc(OCC(F)F)c1C(C)N. The number of ether oxygens (including phenoxy) is 2. The van der Waals surface area contributed by atoms with Crippen LogP contribution in [-0.2, 0) is 0 Å². The first kappa shape index (κ1) is 12.7. The lowest BCUT2D eigenvalue weighted by Crippen LogP contribution is -2.13. The molecule has 3 nitrogen and oxygen atoms in total. The van der Waals surface area contributed by atoms with Gasteiger partial charge in [0, 0.05) is 6.04 Å². The standard InChI is InChI=1S/C11H15F2NO2/c1-7(14)11-8(15-2)4-3-5-9(11)16-6-10(12)13/h3-5,7,10H,6,14H2,1-2H3. The van der Waals surface area contributed by atoms with Crippen molar-refractivity contribution in [1.82, 2.24) is 0 Å². The summed E-state index contributed by atoms with van der Waals surface area (Å²) in [5.74, 6) is 0.886. The third-order valence-corrected chi connectivity index (χ3v) is 2.07. The molecule has 0 amide bonds. The van der Waals surface area contributed by atoms with Gasteiger partial charge in [-0.3, -0.25) is 0 Å². The summed E-state index contributed by atoms with van der Waals surface area (Å²) in [6, 6.07) is 4.65. The minimum atomic E-state index is -2.51. The lowest BCUT2D eigenvalue weighted by atomic mass is 10.1. The molecule has 0 heterocycles. The van der Waals surface area contributed by atoms with Gasteiger partial charge in [-0.25, -0.2) is 8.78 Å². The van der Waals surface area contributed by atoms with E-state index in [1.807, 2.05) is 0 Å². The molecule has 0 aromatic heterocycles. The molecule has 0 radical (unpaired) electrons. The average Bonchev–Trinajstić information content (AvgIpc) is 2.25. The molecule has 1 aromatic carbocycles. The van der Waals surface area contributed by atoms with Crippen LogP contribution >= 0.6 is 0 Å². The van der Waals surface area contributed by atoms with E-state index in [9.17, 15) is 8.78 Å². The molecular formula is C11H15F2NO2. The smallest absolute Gasteiger partial charge is 0.272 e. The second kappa shape index (κ2) is 5.65. The van der Waals surface area contributed by atoms with Crippen LogP contribution in [-0.4, -0.2) is 20.1 Å². The summed E-state index contributed by atoms with van der Waals surface area (Å²) in [5.41, 5.74) is 6.35. The van der Waals surface area contributed by atoms with Gasteiger partial charge in [0.25, 0.3) is 6.43 Å². The van der Waals surface area contributed by atoms with E-state index in [1.165, 1.54) is 7.11 Å². The predicted octanol–water partition coefficient (Wildman–Crippen LogP) is 2.36. The highest BCUT2D eigenvalue weighted by Gasteiger charge is 2.15. The highest BCUT2D eigenvalue weighted by molar-refractivity contribution is 5.46. The van der Waals surface area contributed by atoms with Crippen LogP contribution in [0.2, 0.25) is 0 Å². The molecule has 0 saturated carbocycles. The Morgan fingerprint density at radius 2 is 1.94 bits per heavy atom. The summed E-state index contributed by atoms with van der Waals surface area (Å²) >= 11 is 0. The van der Waals surface area contributed by atoms with Crippen LogP contribution < -0.4 is 15.2 Å². The summed E-state index contributed by atoms with van der Waals surface area (Å²) in [6.45, 7) is 1.10. The number of alkyl halides is 2. The van der Waals surface area contributed by atoms with E-state index in [2.05, 4.69) is 0 Å². The molecule has 16 heavy (non-hydrogen) atoms. The van der Waals surface area contributed by atoms with Gasteiger partial charge >= 0.3 is 0 Å². The summed E-state index contributed by atoms with van der Waals surface area (Å²) in [7, 11) is 1.50. The summed E-state index contributed by atoms with van der Waals surface area (Å²) in [4.78, 5) is 0. The fourth-order valence-corrected chi connectivity index (χ4v) is 1.43. The molecule has 2 N–H and O–H groups in total. The zero-order valence-corrected chi connectivity index (χ0v) is 9.24. The highest BCUT2D eigenvalue weighted by atomic mass is 19.3. The van der Waals surface area contributed by atoms with E-state index in [0.717, 1.165) is 0 Å². The summed E-state index contributed by atoms with van der Waals surface area (Å²) in [5, 5.41) is 0. The molecule has 1 unspecified atom stereocenters. The largest absolute Gasteiger partial charge is 0.496 e. The van der Waals surface area contributed by atoms with Crippen LogP contribution in [0.4, 0.5) is 8.78 Å². The number of methoxy groups -OCH3 is 1. The Balaban J connectivity index is 2.97. The van der Waals surface area contributed by atoms with Crippen LogP contribution in [0.15, 0.2) is 18.2 Å². The van der Waals surface area contributed by atoms with Crippen molar-refractivity contribution in [3.63, 3.8) is 0 Å². The van der Waals surface area contributed by atoms with Crippen LogP contribution in [0.3, 0.4) is 0 Å². The van der Waals surface area contributed by atoms with Crippen molar-refractivity contribution in [1.29, 1.82) is 0 Å². The van der Waals surface area contributed by atoms with Crippen molar-refractivity contribution in [2.75, 3.05) is 13.7 Å². The van der Waals surface area contributed by atoms with Crippen LogP contribution in [0.1, 0.15) is 18.5 Å². The van der Waals surface area contributed by atoms with E-state index in [0.29, 0.717) is 17.1 Å². The summed E-state index contributed by atoms with van der Waals surface area (Å²) in [6.07, 6.45) is -2.51. The first-order chi connectivity index (χ1) is 7.56. The van der Waals surface area contributed by atoms with Gasteiger partial charge in [0.2, 0.25) is 0 Å². The van der Waals surface area contributed by atoms with Gasteiger partial charge in [0.05, 0.1) is 12.7 Å². The first-order valence-electron chi connectivity index (χ1n) is 4.89. The number of benzene rings is 1. The highest BCUT2D eigenvalue weighted by Crippen LogP contribution is 2.32. The Labute approximate surface area is 93.2 Å². The second-order valence-corrected chi connectivity index (χ2v) is 3.36. The molecule has 1 rings (SSSR count). The fourth-order valence-electron chi connectivity index (χ4n) is 1.43. The maximum absolute atomic E-state index is 12.0. The van der Waals surface area contributed by atoms with E-state index in [-0.39, 0.29) is 6.04 Å². The molecule has 0 spiro atoms. The predicted molar refractivity (Wildman–Crippen MR) is 57.1 cm³/mol. The minimum Gasteiger partial charge on any atom is -0.496 e. The molecule has 0 aliphatic heterocycles. The number of hydrogen-bond donors (Lipinski definition) is 1. The molecule has 1 aromatic rings. The fraction of sp³-hybridized carbons (Fsp3) is 0.455. The number of nitrogens with two attached hydrogens (primary N) is 1. The molecule has 0 bridgehead atoms. The number of hydrogen-bond acceptors (Lipinski definition) is 3. The monoisotopic (exact) mass is 231 g/mol. The van der Waals surface area contributed by atoms with Crippen molar-refractivity contribution in [3.8, 4) is 11.5 Å². The van der Waals surface area contributed by atoms with Gasteiger partial charge in [-0.05, 0) is 19.1 Å². The summed E-state index contributed by atoms with van der Waals surface area (Å²) < 4.78 is 34.2. The van der Waals surface area contributed by atoms with Gasteiger partial charge in [0.1, 0.15) is 18.1 Å². The van der Waals surface area contributed by atoms with Crippen molar-refractivity contribution in [2.24, 2.45) is 5.73 Å². The lowest BCUT2D eigenvalue weighted by molar-refractivity contribution is 0.0811. The topological polar surface area (TPSA) is 44.5 Å². The second-order valence-electron chi connectivity index (χ2n) is 3.36. The number of halogens is 2. The van der Waals surface area contributed by atoms with Gasteiger partial charge in [0.15, 0.2) is 0 Å². The van der Waals surface area contributed by atoms with E-state index >= 15 is 0 Å². The molecule has 90 valence electrons. The molecule has 0 aliphatic rings. The van der Waals surface area contributed by atoms with Crippen molar-refractivity contribution < 1.29 is 18.3 Å². The third kappa shape index (κ3) is 3.06. The lowest BCUT2D eigenvalue weighted by Gasteiger charge is -2.17. The molecule has 5 heteroatoms. The van der Waals surface area contributed by atoms with Gasteiger partial charge in [-0.1, -0.05) is 6.07 Å². The maximum atomic E-state index is 12.0. The zero-order chi connectivity index (χ0) is 12.1. The molecular weight excluding hydrogens is 216 g/mol. The van der Waals surface area contributed by atoms with Crippen molar-refractivity contribution in [2.45, 2.75) is 19.4 Å². The van der Waals surface area contributed by atoms with Gasteiger partial charge in [-0.2, -0.15) is 0 Å². The van der Waals surface area contributed by atoms with E-state index < -0.39 is 13.0 Å².